The molecule has 1 aromatic carbocycles. The Kier molecular flexibility index (Phi) is 7.33. The fourth-order valence-electron chi connectivity index (χ4n) is 2.12. The highest BCUT2D eigenvalue weighted by molar-refractivity contribution is 6.30. The lowest BCUT2D eigenvalue weighted by atomic mass is 10.2. The maximum Gasteiger partial charge on any atom is 0.124 e. The molecule has 1 aromatic heterocycles. The van der Waals surface area contributed by atoms with E-state index in [1.165, 1.54) is 0 Å². The van der Waals surface area contributed by atoms with Crippen molar-refractivity contribution in [1.82, 2.24) is 15.2 Å². The summed E-state index contributed by atoms with van der Waals surface area (Å²) in [4.78, 5) is 6.37. The minimum atomic E-state index is 0.501. The number of aromatic nitrogens is 1. The zero-order valence-corrected chi connectivity index (χ0v) is 14.5. The highest BCUT2D eigenvalue weighted by atomic mass is 35.5. The summed E-state index contributed by atoms with van der Waals surface area (Å²) < 4.78 is 5.93. The van der Waals surface area contributed by atoms with Crippen LogP contribution in [0.3, 0.4) is 0 Å². The number of ether oxygens (including phenoxy) is 1. The van der Waals surface area contributed by atoms with Crippen LogP contribution in [0.4, 0.5) is 0 Å². The van der Waals surface area contributed by atoms with Gasteiger partial charge in [-0.2, -0.15) is 0 Å². The van der Waals surface area contributed by atoms with Gasteiger partial charge in [-0.3, -0.25) is 4.98 Å². The first kappa shape index (κ1) is 17.7. The molecule has 0 spiro atoms. The van der Waals surface area contributed by atoms with E-state index in [9.17, 15) is 0 Å². The van der Waals surface area contributed by atoms with Crippen LogP contribution in [0.1, 0.15) is 18.1 Å². The first-order valence-electron chi connectivity index (χ1n) is 7.88. The number of halogens is 1. The van der Waals surface area contributed by atoms with Crippen LogP contribution >= 0.6 is 11.6 Å². The van der Waals surface area contributed by atoms with Crippen LogP contribution in [0.15, 0.2) is 42.7 Å². The zero-order chi connectivity index (χ0) is 16.5. The second kappa shape index (κ2) is 9.50. The topological polar surface area (TPSA) is 37.4 Å². The number of pyridine rings is 1. The van der Waals surface area contributed by atoms with E-state index < -0.39 is 0 Å². The molecule has 23 heavy (non-hydrogen) atoms. The quantitative estimate of drug-likeness (QED) is 0.714. The highest BCUT2D eigenvalue weighted by Gasteiger charge is 2.06. The number of hydrogen-bond donors (Lipinski definition) is 1. The summed E-state index contributed by atoms with van der Waals surface area (Å²) in [6, 6.07) is 9.65. The van der Waals surface area contributed by atoms with E-state index in [0.29, 0.717) is 6.61 Å². The molecule has 1 heterocycles. The van der Waals surface area contributed by atoms with Crippen molar-refractivity contribution in [3.05, 3.63) is 58.9 Å². The fourth-order valence-corrected chi connectivity index (χ4v) is 2.32. The van der Waals surface area contributed by atoms with Gasteiger partial charge in [0.1, 0.15) is 12.4 Å². The van der Waals surface area contributed by atoms with Crippen LogP contribution in [0, 0.1) is 0 Å². The van der Waals surface area contributed by atoms with Crippen LogP contribution in [-0.2, 0) is 13.2 Å². The molecular formula is C18H24ClN3O. The number of nitrogens with one attached hydrogen (secondary N) is 1. The van der Waals surface area contributed by atoms with Crippen molar-refractivity contribution < 1.29 is 4.74 Å². The predicted octanol–water partition coefficient (Wildman–Crippen LogP) is 3.36. The SMILES string of the molecule is CCN(C)CCNCc1cc(Cl)ccc1OCc1cccnc1. The van der Waals surface area contributed by atoms with Crippen molar-refractivity contribution in [2.24, 2.45) is 0 Å². The minimum absolute atomic E-state index is 0.501. The van der Waals surface area contributed by atoms with Gasteiger partial charge in [0.15, 0.2) is 0 Å². The molecule has 0 atom stereocenters. The Morgan fingerprint density at radius 1 is 1.30 bits per heavy atom. The monoisotopic (exact) mass is 333 g/mol. The average Bonchev–Trinajstić information content (AvgIpc) is 2.58. The molecule has 0 saturated carbocycles. The van der Waals surface area contributed by atoms with Crippen molar-refractivity contribution in [3.8, 4) is 5.75 Å². The molecule has 0 unspecified atom stereocenters. The van der Waals surface area contributed by atoms with E-state index in [4.69, 9.17) is 16.3 Å². The summed E-state index contributed by atoms with van der Waals surface area (Å²) in [5.41, 5.74) is 2.12. The molecule has 5 heteroatoms. The number of likely N-dealkylation sites (N-methyl/N-ethyl adjacent to an activating group) is 1. The largest absolute Gasteiger partial charge is 0.489 e. The average molecular weight is 334 g/mol. The Bertz CT molecular complexity index is 592. The fraction of sp³-hybridized carbons (Fsp3) is 0.389. The summed E-state index contributed by atoms with van der Waals surface area (Å²) >= 11 is 6.12. The smallest absolute Gasteiger partial charge is 0.124 e. The van der Waals surface area contributed by atoms with E-state index in [0.717, 1.165) is 48.1 Å². The summed E-state index contributed by atoms with van der Waals surface area (Å²) in [5.74, 6) is 0.856. The number of hydrogen-bond acceptors (Lipinski definition) is 4. The number of rotatable bonds is 9. The Hall–Kier alpha value is -1.62. The van der Waals surface area contributed by atoms with Gasteiger partial charge in [0.25, 0.3) is 0 Å². The highest BCUT2D eigenvalue weighted by Crippen LogP contribution is 2.23. The van der Waals surface area contributed by atoms with E-state index in [2.05, 4.69) is 29.2 Å². The summed E-state index contributed by atoms with van der Waals surface area (Å²) in [6.45, 7) is 6.39. The van der Waals surface area contributed by atoms with Crippen molar-refractivity contribution in [2.75, 3.05) is 26.7 Å². The summed E-state index contributed by atoms with van der Waals surface area (Å²) in [6.07, 6.45) is 3.57. The molecule has 0 aliphatic carbocycles. The lowest BCUT2D eigenvalue weighted by Crippen LogP contribution is -2.28. The normalized spacial score (nSPS) is 11.0. The van der Waals surface area contributed by atoms with Crippen LogP contribution in [0.5, 0.6) is 5.75 Å². The molecule has 2 rings (SSSR count). The Balaban J connectivity index is 1.91. The minimum Gasteiger partial charge on any atom is -0.489 e. The lowest BCUT2D eigenvalue weighted by Gasteiger charge is -2.15. The third kappa shape index (κ3) is 6.18. The van der Waals surface area contributed by atoms with E-state index in [1.807, 2.05) is 36.5 Å². The van der Waals surface area contributed by atoms with Gasteiger partial charge < -0.3 is 15.0 Å². The standard InChI is InChI=1S/C18H24ClN3O/c1-3-22(2)10-9-21-13-16-11-17(19)6-7-18(16)23-14-15-5-4-8-20-12-15/h4-8,11-12,21H,3,9-10,13-14H2,1-2H3. The predicted molar refractivity (Wildman–Crippen MR) is 94.9 cm³/mol. The van der Waals surface area contributed by atoms with Crippen molar-refractivity contribution in [1.29, 1.82) is 0 Å². The summed E-state index contributed by atoms with van der Waals surface area (Å²) in [5, 5.41) is 4.16. The van der Waals surface area contributed by atoms with Crippen molar-refractivity contribution >= 4 is 11.6 Å². The lowest BCUT2D eigenvalue weighted by molar-refractivity contribution is 0.301. The van der Waals surface area contributed by atoms with Crippen molar-refractivity contribution in [2.45, 2.75) is 20.1 Å². The van der Waals surface area contributed by atoms with Gasteiger partial charge in [-0.25, -0.2) is 0 Å². The van der Waals surface area contributed by atoms with Gasteiger partial charge in [-0.1, -0.05) is 24.6 Å². The van der Waals surface area contributed by atoms with Crippen LogP contribution in [0.25, 0.3) is 0 Å². The molecule has 2 aromatic rings. The Morgan fingerprint density at radius 2 is 2.17 bits per heavy atom. The van der Waals surface area contributed by atoms with Gasteiger partial charge in [-0.05, 0) is 37.9 Å². The van der Waals surface area contributed by atoms with E-state index in [1.54, 1.807) is 6.20 Å². The van der Waals surface area contributed by atoms with Crippen molar-refractivity contribution in [3.63, 3.8) is 0 Å². The molecule has 0 amide bonds. The van der Waals surface area contributed by atoms with E-state index >= 15 is 0 Å². The van der Waals surface area contributed by atoms with Gasteiger partial charge in [0, 0.05) is 48.2 Å². The number of nitrogens with zero attached hydrogens (tertiary/aromatic N) is 2. The molecule has 0 aliphatic heterocycles. The van der Waals surface area contributed by atoms with Crippen LogP contribution < -0.4 is 10.1 Å². The van der Waals surface area contributed by atoms with Gasteiger partial charge >= 0.3 is 0 Å². The maximum atomic E-state index is 6.12. The third-order valence-corrected chi connectivity index (χ3v) is 3.90. The molecule has 0 fully saturated rings. The molecule has 0 radical (unpaired) electrons. The van der Waals surface area contributed by atoms with Gasteiger partial charge in [-0.15, -0.1) is 0 Å². The molecule has 0 saturated heterocycles. The first-order valence-corrected chi connectivity index (χ1v) is 8.26. The second-order valence-corrected chi connectivity index (χ2v) is 5.91. The molecule has 124 valence electrons. The molecule has 0 aliphatic rings. The number of benzene rings is 1. The third-order valence-electron chi connectivity index (χ3n) is 3.67. The summed E-state index contributed by atoms with van der Waals surface area (Å²) in [7, 11) is 2.11. The molecule has 4 nitrogen and oxygen atoms in total. The molecule has 0 bridgehead atoms. The van der Waals surface area contributed by atoms with E-state index in [-0.39, 0.29) is 0 Å². The second-order valence-electron chi connectivity index (χ2n) is 5.47. The van der Waals surface area contributed by atoms with Crippen LogP contribution in [-0.4, -0.2) is 36.6 Å². The zero-order valence-electron chi connectivity index (χ0n) is 13.8. The Morgan fingerprint density at radius 3 is 2.91 bits per heavy atom. The molecular weight excluding hydrogens is 310 g/mol. The Labute approximate surface area is 143 Å². The first-order chi connectivity index (χ1) is 11.2. The van der Waals surface area contributed by atoms with Crippen LogP contribution in [0.2, 0.25) is 5.02 Å². The van der Waals surface area contributed by atoms with Gasteiger partial charge in [0.2, 0.25) is 0 Å². The van der Waals surface area contributed by atoms with Gasteiger partial charge in [0.05, 0.1) is 0 Å². The molecule has 1 N–H and O–H groups in total. The maximum absolute atomic E-state index is 6.12.